The Bertz CT molecular complexity index is 917. The summed E-state index contributed by atoms with van der Waals surface area (Å²) in [4.78, 5) is 17.6. The van der Waals surface area contributed by atoms with Gasteiger partial charge in [-0.1, -0.05) is 11.6 Å². The Labute approximate surface area is 210 Å². The molecule has 13 heteroatoms. The lowest BCUT2D eigenvalue weighted by Gasteiger charge is -2.45. The van der Waals surface area contributed by atoms with E-state index in [-0.39, 0.29) is 18.6 Å². The minimum absolute atomic E-state index is 0.0202. The Balaban J connectivity index is 1.40. The van der Waals surface area contributed by atoms with Gasteiger partial charge in [-0.25, -0.2) is 4.79 Å². The highest BCUT2D eigenvalue weighted by Crippen LogP contribution is 2.41. The second-order valence-electron chi connectivity index (χ2n) is 9.50. The molecule has 1 aromatic rings. The smallest absolute Gasteiger partial charge is 0.426 e. The molecule has 3 fully saturated rings. The molecule has 36 heavy (non-hydrogen) atoms. The molecule has 1 spiro atoms. The quantitative estimate of drug-likeness (QED) is 0.486. The van der Waals surface area contributed by atoms with Gasteiger partial charge in [0, 0.05) is 49.0 Å². The fourth-order valence-electron chi connectivity index (χ4n) is 5.36. The molecule has 0 N–H and O–H groups in total. The van der Waals surface area contributed by atoms with Crippen LogP contribution >= 0.6 is 11.6 Å². The van der Waals surface area contributed by atoms with Crippen molar-refractivity contribution >= 4 is 23.4 Å². The average Bonchev–Trinajstić information content (AvgIpc) is 3.17. The number of benzene rings is 1. The summed E-state index contributed by atoms with van der Waals surface area (Å²) in [6, 6.07) is 5.90. The Hall–Kier alpha value is -1.92. The molecule has 1 aromatic carbocycles. The highest BCUT2D eigenvalue weighted by Gasteiger charge is 2.60. The number of likely N-dealkylation sites (tertiary alicyclic amines) is 2. The monoisotopic (exact) mass is 543 g/mol. The molecule has 3 heterocycles. The third kappa shape index (κ3) is 6.13. The van der Waals surface area contributed by atoms with E-state index >= 15 is 0 Å². The van der Waals surface area contributed by atoms with Crippen molar-refractivity contribution in [2.45, 2.75) is 56.2 Å². The van der Waals surface area contributed by atoms with E-state index < -0.39 is 24.5 Å². The van der Waals surface area contributed by atoms with Crippen LogP contribution in [0.1, 0.15) is 31.2 Å². The fraction of sp³-hybridized carbons (Fsp3) is 0.696. The van der Waals surface area contributed by atoms with E-state index in [4.69, 9.17) is 16.3 Å². The van der Waals surface area contributed by atoms with Crippen LogP contribution < -0.4 is 4.90 Å². The van der Waals surface area contributed by atoms with Gasteiger partial charge < -0.3 is 19.3 Å². The first-order valence-corrected chi connectivity index (χ1v) is 12.2. The van der Waals surface area contributed by atoms with E-state index in [0.717, 1.165) is 48.6 Å². The maximum absolute atomic E-state index is 12.8. The van der Waals surface area contributed by atoms with E-state index in [9.17, 15) is 31.1 Å². The summed E-state index contributed by atoms with van der Waals surface area (Å²) in [7, 11) is 0. The zero-order valence-electron chi connectivity index (χ0n) is 19.5. The van der Waals surface area contributed by atoms with Gasteiger partial charge in [0.05, 0.1) is 13.2 Å². The largest absolute Gasteiger partial charge is 0.434 e. The molecule has 6 nitrogen and oxygen atoms in total. The standard InChI is InChI=1S/C23H28ClF6N3O3/c24-17-12-16(13-18(14-17)31-8-10-35-11-9-31)15-33-5-1-2-21(33)3-6-32(7-4-21)20(34)36-19(22(25,26)27)23(28,29)30/h12-14,19H,1-11,15H2. The van der Waals surface area contributed by atoms with Crippen molar-refractivity contribution in [3.63, 3.8) is 0 Å². The van der Waals surface area contributed by atoms with Crippen molar-refractivity contribution in [2.24, 2.45) is 0 Å². The maximum atomic E-state index is 12.8. The van der Waals surface area contributed by atoms with Crippen LogP contribution in [0.15, 0.2) is 18.2 Å². The molecule has 0 bridgehead atoms. The van der Waals surface area contributed by atoms with Crippen molar-refractivity contribution in [3.05, 3.63) is 28.8 Å². The van der Waals surface area contributed by atoms with Crippen LogP contribution in [-0.4, -0.2) is 85.8 Å². The van der Waals surface area contributed by atoms with Crippen LogP contribution in [-0.2, 0) is 16.0 Å². The maximum Gasteiger partial charge on any atom is 0.434 e. The lowest BCUT2D eigenvalue weighted by Crippen LogP contribution is -2.54. The number of hydrogen-bond donors (Lipinski definition) is 0. The first-order valence-electron chi connectivity index (χ1n) is 11.8. The summed E-state index contributed by atoms with van der Waals surface area (Å²) in [5.74, 6) is 0. The van der Waals surface area contributed by atoms with Crippen molar-refractivity contribution in [1.82, 2.24) is 9.80 Å². The first kappa shape index (κ1) is 27.1. The Morgan fingerprint density at radius 1 is 0.972 bits per heavy atom. The van der Waals surface area contributed by atoms with Gasteiger partial charge in [-0.15, -0.1) is 0 Å². The van der Waals surface area contributed by atoms with E-state index in [1.54, 1.807) is 0 Å². The lowest BCUT2D eigenvalue weighted by molar-refractivity contribution is -0.308. The van der Waals surface area contributed by atoms with Gasteiger partial charge in [-0.3, -0.25) is 4.90 Å². The van der Waals surface area contributed by atoms with Crippen LogP contribution in [0.4, 0.5) is 36.8 Å². The van der Waals surface area contributed by atoms with Gasteiger partial charge in [-0.2, -0.15) is 26.3 Å². The van der Waals surface area contributed by atoms with Gasteiger partial charge in [-0.05, 0) is 56.0 Å². The summed E-state index contributed by atoms with van der Waals surface area (Å²) in [5.41, 5.74) is 1.74. The third-order valence-electron chi connectivity index (χ3n) is 7.20. The van der Waals surface area contributed by atoms with Crippen LogP contribution in [0.25, 0.3) is 0 Å². The molecule has 0 saturated carbocycles. The van der Waals surface area contributed by atoms with Gasteiger partial charge in [0.1, 0.15) is 0 Å². The zero-order valence-corrected chi connectivity index (χ0v) is 20.3. The topological polar surface area (TPSA) is 45.2 Å². The molecule has 1 amide bonds. The average molecular weight is 544 g/mol. The number of carbonyl (C=O) groups is 1. The number of amides is 1. The third-order valence-corrected chi connectivity index (χ3v) is 7.42. The van der Waals surface area contributed by atoms with Gasteiger partial charge >= 0.3 is 18.4 Å². The van der Waals surface area contributed by atoms with Crippen LogP contribution in [0.2, 0.25) is 5.02 Å². The molecular formula is C23H28ClF6N3O3. The molecule has 0 atom stereocenters. The minimum atomic E-state index is -5.73. The van der Waals surface area contributed by atoms with E-state index in [1.807, 2.05) is 12.1 Å². The SMILES string of the molecule is O=C(OC(C(F)(F)F)C(F)(F)F)N1CCC2(CCCN2Cc2cc(Cl)cc(N3CCOCC3)c2)CC1. The number of halogens is 7. The number of morpholine rings is 1. The summed E-state index contributed by atoms with van der Waals surface area (Å²) < 4.78 is 85.9. The van der Waals surface area contributed by atoms with Gasteiger partial charge in [0.2, 0.25) is 0 Å². The zero-order chi connectivity index (χ0) is 26.1. The summed E-state index contributed by atoms with van der Waals surface area (Å²) in [6.07, 6.45) is -14.6. The van der Waals surface area contributed by atoms with E-state index in [1.165, 1.54) is 0 Å². The summed E-state index contributed by atoms with van der Waals surface area (Å²) in [5, 5.41) is 0.615. The fourth-order valence-corrected chi connectivity index (χ4v) is 5.61. The molecule has 0 unspecified atom stereocenters. The van der Waals surface area contributed by atoms with Crippen LogP contribution in [0, 0.1) is 0 Å². The van der Waals surface area contributed by atoms with Crippen LogP contribution in [0.5, 0.6) is 0 Å². The normalized spacial score (nSPS) is 21.4. The Morgan fingerprint density at radius 2 is 1.61 bits per heavy atom. The lowest BCUT2D eigenvalue weighted by atomic mass is 9.85. The van der Waals surface area contributed by atoms with Crippen molar-refractivity contribution in [3.8, 4) is 0 Å². The molecule has 3 saturated heterocycles. The highest BCUT2D eigenvalue weighted by molar-refractivity contribution is 6.30. The number of piperidine rings is 1. The minimum Gasteiger partial charge on any atom is -0.426 e. The van der Waals surface area contributed by atoms with Crippen molar-refractivity contribution in [1.29, 1.82) is 0 Å². The number of anilines is 1. The molecular weight excluding hydrogens is 516 g/mol. The van der Waals surface area contributed by atoms with Gasteiger partial charge in [0.25, 0.3) is 6.10 Å². The van der Waals surface area contributed by atoms with Crippen LogP contribution in [0.3, 0.4) is 0 Å². The number of ether oxygens (including phenoxy) is 2. The van der Waals surface area contributed by atoms with E-state index in [2.05, 4.69) is 20.6 Å². The number of alkyl halides is 6. The molecule has 3 aliphatic heterocycles. The predicted molar refractivity (Wildman–Crippen MR) is 120 cm³/mol. The summed E-state index contributed by atoms with van der Waals surface area (Å²) in [6.45, 7) is 4.26. The molecule has 0 radical (unpaired) electrons. The highest BCUT2D eigenvalue weighted by atomic mass is 35.5. The summed E-state index contributed by atoms with van der Waals surface area (Å²) >= 11 is 6.40. The second kappa shape index (κ2) is 10.4. The Morgan fingerprint density at radius 3 is 2.22 bits per heavy atom. The first-order chi connectivity index (χ1) is 16.9. The number of nitrogens with zero attached hydrogens (tertiary/aromatic N) is 3. The van der Waals surface area contributed by atoms with E-state index in [0.29, 0.717) is 37.6 Å². The molecule has 0 aliphatic carbocycles. The van der Waals surface area contributed by atoms with Gasteiger partial charge in [0.15, 0.2) is 0 Å². The second-order valence-corrected chi connectivity index (χ2v) is 9.94. The number of hydrogen-bond acceptors (Lipinski definition) is 5. The number of rotatable bonds is 4. The van der Waals surface area contributed by atoms with Crippen molar-refractivity contribution < 1.29 is 40.6 Å². The van der Waals surface area contributed by atoms with Crippen molar-refractivity contribution in [2.75, 3.05) is 50.8 Å². The Kier molecular flexibility index (Phi) is 7.87. The molecule has 3 aliphatic rings. The molecule has 4 rings (SSSR count). The molecule has 0 aromatic heterocycles. The predicted octanol–water partition coefficient (Wildman–Crippen LogP) is 5.24. The molecule has 202 valence electrons. The number of carbonyl (C=O) groups excluding carboxylic acids is 1.